The van der Waals surface area contributed by atoms with E-state index < -0.39 is 9.84 Å². The van der Waals surface area contributed by atoms with Crippen molar-refractivity contribution in [1.82, 2.24) is 0 Å². The molecule has 8 heteroatoms. The van der Waals surface area contributed by atoms with Gasteiger partial charge in [-0.15, -0.1) is 0 Å². The van der Waals surface area contributed by atoms with E-state index in [1.54, 1.807) is 6.07 Å². The predicted molar refractivity (Wildman–Crippen MR) is 105 cm³/mol. The summed E-state index contributed by atoms with van der Waals surface area (Å²) in [5.41, 5.74) is 1.74. The zero-order valence-corrected chi connectivity index (χ0v) is 16.1. The van der Waals surface area contributed by atoms with Gasteiger partial charge in [0.1, 0.15) is 5.82 Å². The predicted octanol–water partition coefficient (Wildman–Crippen LogP) is 3.75. The van der Waals surface area contributed by atoms with E-state index in [-0.39, 0.29) is 29.4 Å². The van der Waals surface area contributed by atoms with E-state index in [4.69, 9.17) is 11.6 Å². The van der Waals surface area contributed by atoms with Gasteiger partial charge in [0.05, 0.1) is 23.6 Å². The minimum atomic E-state index is -3.07. The molecule has 0 saturated carbocycles. The summed E-state index contributed by atoms with van der Waals surface area (Å²) < 4.78 is 37.3. The summed E-state index contributed by atoms with van der Waals surface area (Å²) >= 11 is 7.61. The average molecular weight is 411 g/mol. The quantitative estimate of drug-likeness (QED) is 0.773. The zero-order valence-electron chi connectivity index (χ0n) is 13.7. The number of sulfone groups is 1. The van der Waals surface area contributed by atoms with Gasteiger partial charge in [-0.1, -0.05) is 47.6 Å². The van der Waals surface area contributed by atoms with E-state index in [2.05, 4.69) is 4.99 Å². The Hall–Kier alpha value is -1.57. The number of para-hydroxylation sites is 1. The third-order valence-corrected chi connectivity index (χ3v) is 7.58. The Balaban J connectivity index is 1.61. The summed E-state index contributed by atoms with van der Waals surface area (Å²) in [6.45, 7) is 0. The average Bonchev–Trinajstić information content (AvgIpc) is 3.06. The Morgan fingerprint density at radius 3 is 2.69 bits per heavy atom. The van der Waals surface area contributed by atoms with Crippen molar-refractivity contribution in [3.05, 3.63) is 64.9 Å². The number of benzene rings is 2. The highest BCUT2D eigenvalue weighted by molar-refractivity contribution is 8.13. The molecule has 2 aliphatic heterocycles. The first kappa shape index (κ1) is 17.8. The molecule has 2 aromatic carbocycles. The number of fused-ring (bicyclic) bond motifs is 1. The standard InChI is InChI=1S/C18H16ClFN2O2S2/c19-15-8-13(20)7-6-12(15)9-25-18-21-16-10-26(23,24)11-17(16)22(18)14-4-2-1-3-5-14/h1-8,16-17H,9-11H2/t16-,17-/m1/s1. The van der Waals surface area contributed by atoms with Gasteiger partial charge in [-0.3, -0.25) is 4.99 Å². The van der Waals surface area contributed by atoms with Gasteiger partial charge < -0.3 is 4.90 Å². The SMILES string of the molecule is O=S1(=O)C[C@@H]2[C@@H](C1)N=C(SCc1ccc(F)cc1Cl)N2c1ccccc1. The van der Waals surface area contributed by atoms with Crippen LogP contribution in [0.15, 0.2) is 53.5 Å². The van der Waals surface area contributed by atoms with Gasteiger partial charge in [0.2, 0.25) is 0 Å². The highest BCUT2D eigenvalue weighted by atomic mass is 35.5. The van der Waals surface area contributed by atoms with Crippen LogP contribution in [0, 0.1) is 5.82 Å². The largest absolute Gasteiger partial charge is 0.315 e. The lowest BCUT2D eigenvalue weighted by Crippen LogP contribution is -2.39. The zero-order chi connectivity index (χ0) is 18.3. The van der Waals surface area contributed by atoms with E-state index in [0.717, 1.165) is 16.4 Å². The smallest absolute Gasteiger partial charge is 0.164 e. The molecule has 0 spiro atoms. The van der Waals surface area contributed by atoms with Crippen molar-refractivity contribution >= 4 is 44.1 Å². The normalized spacial score (nSPS) is 23.8. The first-order valence-corrected chi connectivity index (χ1v) is 11.3. The molecule has 2 aromatic rings. The van der Waals surface area contributed by atoms with E-state index in [1.807, 2.05) is 35.2 Å². The summed E-state index contributed by atoms with van der Waals surface area (Å²) in [4.78, 5) is 6.69. The van der Waals surface area contributed by atoms with Crippen molar-refractivity contribution < 1.29 is 12.8 Å². The van der Waals surface area contributed by atoms with Gasteiger partial charge >= 0.3 is 0 Å². The molecule has 2 heterocycles. The number of nitrogens with zero attached hydrogens (tertiary/aromatic N) is 2. The number of hydrogen-bond donors (Lipinski definition) is 0. The fraction of sp³-hybridized carbons (Fsp3) is 0.278. The summed E-state index contributed by atoms with van der Waals surface area (Å²) in [6, 6.07) is 13.6. The maximum Gasteiger partial charge on any atom is 0.164 e. The number of aliphatic imine (C=N–C) groups is 1. The topological polar surface area (TPSA) is 49.7 Å². The second-order valence-corrected chi connectivity index (χ2v) is 9.86. The van der Waals surface area contributed by atoms with Gasteiger partial charge in [-0.2, -0.15) is 0 Å². The molecule has 1 fully saturated rings. The lowest BCUT2D eigenvalue weighted by atomic mass is 10.1. The Morgan fingerprint density at radius 2 is 1.96 bits per heavy atom. The molecule has 0 unspecified atom stereocenters. The van der Waals surface area contributed by atoms with Crippen LogP contribution in [-0.2, 0) is 15.6 Å². The van der Waals surface area contributed by atoms with Crippen molar-refractivity contribution in [3.8, 4) is 0 Å². The highest BCUT2D eigenvalue weighted by Crippen LogP contribution is 2.36. The van der Waals surface area contributed by atoms with Crippen LogP contribution in [0.4, 0.5) is 10.1 Å². The van der Waals surface area contributed by atoms with Crippen LogP contribution in [0.2, 0.25) is 5.02 Å². The van der Waals surface area contributed by atoms with Crippen molar-refractivity contribution in [2.45, 2.75) is 17.8 Å². The molecule has 0 aromatic heterocycles. The lowest BCUT2D eigenvalue weighted by molar-refractivity contribution is 0.601. The number of amidine groups is 1. The molecular weight excluding hydrogens is 395 g/mol. The number of anilines is 1. The fourth-order valence-electron chi connectivity index (χ4n) is 3.30. The van der Waals surface area contributed by atoms with Crippen LogP contribution in [0.1, 0.15) is 5.56 Å². The highest BCUT2D eigenvalue weighted by Gasteiger charge is 2.47. The number of hydrogen-bond acceptors (Lipinski definition) is 5. The van der Waals surface area contributed by atoms with Crippen molar-refractivity contribution in [1.29, 1.82) is 0 Å². The Labute approximate surface area is 161 Å². The second-order valence-electron chi connectivity index (χ2n) is 6.35. The molecule has 4 rings (SSSR count). The van der Waals surface area contributed by atoms with Crippen molar-refractivity contribution in [2.75, 3.05) is 16.4 Å². The molecule has 0 radical (unpaired) electrons. The molecule has 136 valence electrons. The van der Waals surface area contributed by atoms with Crippen LogP contribution in [0.25, 0.3) is 0 Å². The Kier molecular flexibility index (Phi) is 4.71. The van der Waals surface area contributed by atoms with Crippen LogP contribution in [0.5, 0.6) is 0 Å². The van der Waals surface area contributed by atoms with Crippen molar-refractivity contribution in [3.63, 3.8) is 0 Å². The number of thioether (sulfide) groups is 1. The summed E-state index contributed by atoms with van der Waals surface area (Å²) in [5, 5.41) is 1.16. The molecule has 0 N–H and O–H groups in total. The third-order valence-electron chi connectivity index (χ3n) is 4.51. The molecule has 4 nitrogen and oxygen atoms in total. The van der Waals surface area contributed by atoms with E-state index in [1.165, 1.54) is 23.9 Å². The summed E-state index contributed by atoms with van der Waals surface area (Å²) in [7, 11) is -3.07. The van der Waals surface area contributed by atoms with Crippen LogP contribution in [0.3, 0.4) is 0 Å². The van der Waals surface area contributed by atoms with Gasteiger partial charge in [0.15, 0.2) is 15.0 Å². The van der Waals surface area contributed by atoms with Crippen LogP contribution >= 0.6 is 23.4 Å². The molecule has 0 bridgehead atoms. The van der Waals surface area contributed by atoms with Gasteiger partial charge in [-0.05, 0) is 29.8 Å². The maximum absolute atomic E-state index is 13.2. The minimum absolute atomic E-state index is 0.0857. The third kappa shape index (κ3) is 3.48. The number of halogens is 2. The number of rotatable bonds is 3. The van der Waals surface area contributed by atoms with Crippen molar-refractivity contribution in [2.24, 2.45) is 4.99 Å². The molecule has 0 aliphatic carbocycles. The minimum Gasteiger partial charge on any atom is -0.315 e. The fourth-order valence-corrected chi connectivity index (χ4v) is 6.59. The van der Waals surface area contributed by atoms with E-state index in [9.17, 15) is 12.8 Å². The first-order valence-electron chi connectivity index (χ1n) is 8.12. The summed E-state index contributed by atoms with van der Waals surface area (Å²) in [5.74, 6) is 0.361. The molecule has 0 amide bonds. The molecule has 2 atom stereocenters. The molecular formula is C18H16ClFN2O2S2. The summed E-state index contributed by atoms with van der Waals surface area (Å²) in [6.07, 6.45) is 0. The van der Waals surface area contributed by atoms with E-state index in [0.29, 0.717) is 10.8 Å². The van der Waals surface area contributed by atoms with Crippen LogP contribution < -0.4 is 4.90 Å². The Bertz CT molecular complexity index is 966. The van der Waals surface area contributed by atoms with Gasteiger partial charge in [0, 0.05) is 16.5 Å². The maximum atomic E-state index is 13.2. The first-order chi connectivity index (χ1) is 12.4. The second kappa shape index (κ2) is 6.87. The molecule has 1 saturated heterocycles. The van der Waals surface area contributed by atoms with Gasteiger partial charge in [-0.25, -0.2) is 12.8 Å². The van der Waals surface area contributed by atoms with Gasteiger partial charge in [0.25, 0.3) is 0 Å². The monoisotopic (exact) mass is 410 g/mol. The van der Waals surface area contributed by atoms with Crippen LogP contribution in [-0.4, -0.2) is 37.2 Å². The molecule has 26 heavy (non-hydrogen) atoms. The molecule has 2 aliphatic rings. The lowest BCUT2D eigenvalue weighted by Gasteiger charge is -2.26. The van der Waals surface area contributed by atoms with E-state index >= 15 is 0 Å². The Morgan fingerprint density at radius 1 is 1.19 bits per heavy atom.